The summed E-state index contributed by atoms with van der Waals surface area (Å²) < 4.78 is 5.76. The van der Waals surface area contributed by atoms with Crippen LogP contribution in [0.5, 0.6) is 0 Å². The number of carbonyl (C=O) groups is 2. The third kappa shape index (κ3) is 9.59. The molecule has 152 valence electrons. The Morgan fingerprint density at radius 3 is 1.81 bits per heavy atom. The highest BCUT2D eigenvalue weighted by Gasteiger charge is 2.33. The summed E-state index contributed by atoms with van der Waals surface area (Å²) in [5.41, 5.74) is -0.415. The van der Waals surface area contributed by atoms with Crippen LogP contribution < -0.4 is 0 Å². The largest absolute Gasteiger partial charge is 0.481 e. The van der Waals surface area contributed by atoms with E-state index in [1.165, 1.54) is 51.4 Å². The summed E-state index contributed by atoms with van der Waals surface area (Å²) in [6, 6.07) is 0. The van der Waals surface area contributed by atoms with E-state index in [1.54, 1.807) is 0 Å². The maximum absolute atomic E-state index is 12.4. The molecule has 0 unspecified atom stereocenters. The van der Waals surface area contributed by atoms with Crippen molar-refractivity contribution in [3.63, 3.8) is 0 Å². The van der Waals surface area contributed by atoms with Crippen molar-refractivity contribution in [2.75, 3.05) is 0 Å². The van der Waals surface area contributed by atoms with E-state index in [9.17, 15) is 9.59 Å². The Labute approximate surface area is 160 Å². The van der Waals surface area contributed by atoms with Crippen molar-refractivity contribution in [2.24, 2.45) is 11.8 Å². The summed E-state index contributed by atoms with van der Waals surface area (Å²) in [6.07, 6.45) is 15.0. The lowest BCUT2D eigenvalue weighted by Gasteiger charge is -2.30. The zero-order valence-corrected chi connectivity index (χ0v) is 17.2. The van der Waals surface area contributed by atoms with Gasteiger partial charge in [-0.2, -0.15) is 0 Å². The Morgan fingerprint density at radius 1 is 0.846 bits per heavy atom. The summed E-state index contributed by atoms with van der Waals surface area (Å²) in [5.74, 6) is -1.26. The molecule has 0 spiro atoms. The summed E-state index contributed by atoms with van der Waals surface area (Å²) >= 11 is 0. The highest BCUT2D eigenvalue weighted by Crippen LogP contribution is 2.31. The highest BCUT2D eigenvalue weighted by atomic mass is 16.6. The van der Waals surface area contributed by atoms with E-state index >= 15 is 0 Å². The van der Waals surface area contributed by atoms with Crippen LogP contribution in [0.2, 0.25) is 0 Å². The first-order valence-electron chi connectivity index (χ1n) is 10.8. The number of carbonyl (C=O) groups excluding carboxylic acids is 1. The van der Waals surface area contributed by atoms with Gasteiger partial charge >= 0.3 is 11.9 Å². The molecule has 0 aromatic carbocycles. The zero-order valence-electron chi connectivity index (χ0n) is 17.2. The normalized spacial score (nSPS) is 20.7. The van der Waals surface area contributed by atoms with Gasteiger partial charge in [-0.3, -0.25) is 9.59 Å². The SMILES string of the molecule is CCCCCCCCCCCC(C)(C)OC(=O)C1CCC(C(=O)O)CC1. The van der Waals surface area contributed by atoms with Crippen molar-refractivity contribution in [1.82, 2.24) is 0 Å². The topological polar surface area (TPSA) is 63.6 Å². The maximum Gasteiger partial charge on any atom is 0.309 e. The molecule has 1 aliphatic rings. The Kier molecular flexibility index (Phi) is 10.9. The summed E-state index contributed by atoms with van der Waals surface area (Å²) in [4.78, 5) is 23.4. The maximum atomic E-state index is 12.4. The summed E-state index contributed by atoms with van der Waals surface area (Å²) in [7, 11) is 0. The molecule has 0 atom stereocenters. The molecule has 0 aliphatic heterocycles. The standard InChI is InChI=1S/C22H40O4/c1-4-5-6-7-8-9-10-11-12-17-22(2,3)26-21(25)19-15-13-18(14-16-19)20(23)24/h18-19H,4-17H2,1-3H3,(H,23,24). The molecule has 0 heterocycles. The van der Waals surface area contributed by atoms with Crippen LogP contribution in [-0.2, 0) is 14.3 Å². The van der Waals surface area contributed by atoms with E-state index in [0.717, 1.165) is 12.8 Å². The Balaban J connectivity index is 2.13. The average molecular weight is 369 g/mol. The first kappa shape index (κ1) is 23.0. The molecular weight excluding hydrogens is 328 g/mol. The fourth-order valence-corrected chi connectivity index (χ4v) is 3.84. The van der Waals surface area contributed by atoms with Crippen LogP contribution in [0.3, 0.4) is 0 Å². The molecular formula is C22H40O4. The van der Waals surface area contributed by atoms with Crippen LogP contribution >= 0.6 is 0 Å². The van der Waals surface area contributed by atoms with E-state index in [-0.39, 0.29) is 17.8 Å². The fourth-order valence-electron chi connectivity index (χ4n) is 3.84. The summed E-state index contributed by atoms with van der Waals surface area (Å²) in [6.45, 7) is 6.24. The quantitative estimate of drug-likeness (QED) is 0.314. The third-order valence-corrected chi connectivity index (χ3v) is 5.67. The number of hydrogen-bond acceptors (Lipinski definition) is 3. The molecule has 0 aromatic heterocycles. The molecule has 0 saturated heterocycles. The Hall–Kier alpha value is -1.06. The molecule has 1 saturated carbocycles. The minimum Gasteiger partial charge on any atom is -0.481 e. The van der Waals surface area contributed by atoms with Gasteiger partial charge < -0.3 is 9.84 Å². The smallest absolute Gasteiger partial charge is 0.309 e. The van der Waals surface area contributed by atoms with Gasteiger partial charge in [0.05, 0.1) is 11.8 Å². The molecule has 4 heteroatoms. The molecule has 0 bridgehead atoms. The molecule has 0 aromatic rings. The molecule has 26 heavy (non-hydrogen) atoms. The van der Waals surface area contributed by atoms with Crippen LogP contribution in [0.4, 0.5) is 0 Å². The van der Waals surface area contributed by atoms with E-state index in [0.29, 0.717) is 25.7 Å². The molecule has 0 radical (unpaired) electrons. The van der Waals surface area contributed by atoms with E-state index in [4.69, 9.17) is 9.84 Å². The molecule has 1 N–H and O–H groups in total. The van der Waals surface area contributed by atoms with Gasteiger partial charge in [-0.05, 0) is 52.4 Å². The minimum absolute atomic E-state index is 0.118. The predicted molar refractivity (Wildman–Crippen MR) is 105 cm³/mol. The number of hydrogen-bond donors (Lipinski definition) is 1. The second-order valence-corrected chi connectivity index (χ2v) is 8.65. The molecule has 0 amide bonds. The molecule has 1 aliphatic carbocycles. The van der Waals surface area contributed by atoms with Crippen molar-refractivity contribution in [3.05, 3.63) is 0 Å². The van der Waals surface area contributed by atoms with Gasteiger partial charge in [-0.15, -0.1) is 0 Å². The van der Waals surface area contributed by atoms with Gasteiger partial charge in [0.25, 0.3) is 0 Å². The second-order valence-electron chi connectivity index (χ2n) is 8.65. The fraction of sp³-hybridized carbons (Fsp3) is 0.909. The van der Waals surface area contributed by atoms with Crippen LogP contribution in [-0.4, -0.2) is 22.6 Å². The molecule has 1 rings (SSSR count). The van der Waals surface area contributed by atoms with Gasteiger partial charge in [0.1, 0.15) is 5.60 Å². The molecule has 4 nitrogen and oxygen atoms in total. The Bertz CT molecular complexity index is 408. The van der Waals surface area contributed by atoms with Crippen molar-refractivity contribution < 1.29 is 19.4 Å². The number of ether oxygens (including phenoxy) is 1. The third-order valence-electron chi connectivity index (χ3n) is 5.67. The number of unbranched alkanes of at least 4 members (excludes halogenated alkanes) is 8. The number of carboxylic acids is 1. The Morgan fingerprint density at radius 2 is 1.31 bits per heavy atom. The van der Waals surface area contributed by atoms with Crippen molar-refractivity contribution in [1.29, 1.82) is 0 Å². The van der Waals surface area contributed by atoms with E-state index in [2.05, 4.69) is 6.92 Å². The van der Waals surface area contributed by atoms with Crippen LogP contribution in [0, 0.1) is 11.8 Å². The van der Waals surface area contributed by atoms with Gasteiger partial charge in [0, 0.05) is 0 Å². The monoisotopic (exact) mass is 368 g/mol. The van der Waals surface area contributed by atoms with Crippen LogP contribution in [0.15, 0.2) is 0 Å². The summed E-state index contributed by atoms with van der Waals surface area (Å²) in [5, 5.41) is 9.05. The van der Waals surface area contributed by atoms with Crippen LogP contribution in [0.1, 0.15) is 111 Å². The number of aliphatic carboxylic acids is 1. The first-order valence-corrected chi connectivity index (χ1v) is 10.8. The van der Waals surface area contributed by atoms with Crippen LogP contribution in [0.25, 0.3) is 0 Å². The lowest BCUT2D eigenvalue weighted by atomic mass is 9.82. The van der Waals surface area contributed by atoms with Crippen molar-refractivity contribution in [2.45, 2.75) is 116 Å². The zero-order chi connectivity index (χ0) is 19.4. The predicted octanol–water partition coefficient (Wildman–Crippen LogP) is 6.12. The van der Waals surface area contributed by atoms with E-state index < -0.39 is 11.6 Å². The number of carboxylic acid groups (broad SMARTS) is 1. The van der Waals surface area contributed by atoms with Crippen molar-refractivity contribution >= 4 is 11.9 Å². The van der Waals surface area contributed by atoms with Gasteiger partial charge in [-0.1, -0.05) is 58.3 Å². The lowest BCUT2D eigenvalue weighted by molar-refractivity contribution is -0.165. The first-order chi connectivity index (χ1) is 12.4. The van der Waals surface area contributed by atoms with Crippen molar-refractivity contribution in [3.8, 4) is 0 Å². The highest BCUT2D eigenvalue weighted by molar-refractivity contribution is 5.74. The van der Waals surface area contributed by atoms with Gasteiger partial charge in [0.15, 0.2) is 0 Å². The van der Waals surface area contributed by atoms with E-state index in [1.807, 2.05) is 13.8 Å². The van der Waals surface area contributed by atoms with Gasteiger partial charge in [-0.25, -0.2) is 0 Å². The molecule has 1 fully saturated rings. The number of rotatable bonds is 13. The lowest BCUT2D eigenvalue weighted by Crippen LogP contribution is -2.34. The van der Waals surface area contributed by atoms with Gasteiger partial charge in [0.2, 0.25) is 0 Å². The average Bonchev–Trinajstić information content (AvgIpc) is 2.60. The minimum atomic E-state index is -0.734. The number of esters is 1. The second kappa shape index (κ2) is 12.3.